The maximum Gasteiger partial charge on any atom is 0.291 e. The second kappa shape index (κ2) is 4.65. The number of rotatable bonds is 3. The number of carbonyl (C=O) groups excluding carboxylic acids is 1. The molecule has 1 amide bonds. The van der Waals surface area contributed by atoms with Crippen LogP contribution in [0.5, 0.6) is 0 Å². The normalized spacial score (nSPS) is 10.9. The van der Waals surface area contributed by atoms with E-state index in [2.05, 4.69) is 20.7 Å². The average molecular weight is 232 g/mol. The van der Waals surface area contributed by atoms with Gasteiger partial charge in [-0.1, -0.05) is 0 Å². The van der Waals surface area contributed by atoms with E-state index in [4.69, 9.17) is 4.42 Å². The van der Waals surface area contributed by atoms with Crippen LogP contribution in [0.15, 0.2) is 27.7 Å². The number of aromatic nitrogens is 2. The van der Waals surface area contributed by atoms with Crippen LogP contribution in [0.25, 0.3) is 0 Å². The molecule has 2 aromatic heterocycles. The molecule has 0 saturated heterocycles. The third-order valence-corrected chi connectivity index (χ3v) is 2.06. The fourth-order valence-electron chi connectivity index (χ4n) is 1.27. The smallest absolute Gasteiger partial charge is 0.291 e. The first-order valence-corrected chi connectivity index (χ1v) is 5.07. The van der Waals surface area contributed by atoms with Crippen LogP contribution in [0.3, 0.4) is 0 Å². The van der Waals surface area contributed by atoms with Crippen LogP contribution in [-0.2, 0) is 0 Å². The van der Waals surface area contributed by atoms with E-state index in [1.165, 1.54) is 6.21 Å². The van der Waals surface area contributed by atoms with Gasteiger partial charge in [0.2, 0.25) is 0 Å². The van der Waals surface area contributed by atoms with Gasteiger partial charge in [0.15, 0.2) is 5.69 Å². The van der Waals surface area contributed by atoms with Gasteiger partial charge in [-0.15, -0.1) is 0 Å². The summed E-state index contributed by atoms with van der Waals surface area (Å²) in [6, 6.07) is 5.23. The van der Waals surface area contributed by atoms with Crippen molar-refractivity contribution >= 4 is 12.1 Å². The van der Waals surface area contributed by atoms with E-state index >= 15 is 0 Å². The maximum absolute atomic E-state index is 11.5. The number of aryl methyl sites for hydroxylation is 2. The Bertz CT molecular complexity index is 553. The number of carbonyl (C=O) groups is 1. The lowest BCUT2D eigenvalue weighted by atomic mass is 10.4. The molecule has 17 heavy (non-hydrogen) atoms. The molecule has 0 atom stereocenters. The molecule has 0 aliphatic rings. The first kappa shape index (κ1) is 11.1. The summed E-state index contributed by atoms with van der Waals surface area (Å²) in [5.74, 6) is 1.01. The molecule has 2 heterocycles. The number of amides is 1. The Hall–Kier alpha value is -2.37. The Morgan fingerprint density at radius 2 is 2.35 bits per heavy atom. The summed E-state index contributed by atoms with van der Waals surface area (Å²) in [7, 11) is 0. The van der Waals surface area contributed by atoms with Gasteiger partial charge in [-0.05, 0) is 32.0 Å². The zero-order chi connectivity index (χ0) is 12.3. The molecule has 2 aromatic rings. The lowest BCUT2D eigenvalue weighted by molar-refractivity contribution is 0.0950. The fraction of sp³-hybridized carbons (Fsp3) is 0.182. The minimum atomic E-state index is -0.367. The highest BCUT2D eigenvalue weighted by molar-refractivity contribution is 5.92. The van der Waals surface area contributed by atoms with Crippen LogP contribution in [0.2, 0.25) is 0 Å². The molecule has 0 unspecified atom stereocenters. The van der Waals surface area contributed by atoms with Gasteiger partial charge in [-0.2, -0.15) is 10.2 Å². The lowest BCUT2D eigenvalue weighted by Crippen LogP contribution is -2.17. The zero-order valence-electron chi connectivity index (χ0n) is 9.52. The van der Waals surface area contributed by atoms with Crippen molar-refractivity contribution in [2.45, 2.75) is 13.8 Å². The highest BCUT2D eigenvalue weighted by Gasteiger charge is 2.07. The molecule has 0 radical (unpaired) electrons. The van der Waals surface area contributed by atoms with E-state index in [-0.39, 0.29) is 5.91 Å². The van der Waals surface area contributed by atoms with Gasteiger partial charge in [-0.25, -0.2) is 5.43 Å². The predicted molar refractivity (Wildman–Crippen MR) is 61.8 cm³/mol. The number of furan rings is 1. The van der Waals surface area contributed by atoms with Crippen LogP contribution in [-0.4, -0.2) is 22.3 Å². The highest BCUT2D eigenvalue weighted by atomic mass is 16.3. The topological polar surface area (TPSA) is 83.3 Å². The summed E-state index contributed by atoms with van der Waals surface area (Å²) >= 11 is 0. The number of hydrogen-bond donors (Lipinski definition) is 2. The molecule has 88 valence electrons. The Balaban J connectivity index is 1.94. The van der Waals surface area contributed by atoms with Gasteiger partial charge in [0.25, 0.3) is 5.91 Å². The zero-order valence-corrected chi connectivity index (χ0v) is 9.52. The van der Waals surface area contributed by atoms with Crippen molar-refractivity contribution < 1.29 is 9.21 Å². The molecule has 2 rings (SSSR count). The number of aromatic amines is 1. The van der Waals surface area contributed by atoms with Crippen LogP contribution >= 0.6 is 0 Å². The SMILES string of the molecule is Cc1cc(C(=O)N/N=C/c2ccc(C)o2)n[nH]1. The van der Waals surface area contributed by atoms with E-state index in [1.807, 2.05) is 19.9 Å². The van der Waals surface area contributed by atoms with Crippen molar-refractivity contribution in [3.63, 3.8) is 0 Å². The molecule has 6 nitrogen and oxygen atoms in total. The van der Waals surface area contributed by atoms with Crippen molar-refractivity contribution in [3.05, 3.63) is 41.1 Å². The lowest BCUT2D eigenvalue weighted by Gasteiger charge is -1.93. The van der Waals surface area contributed by atoms with Crippen molar-refractivity contribution in [2.75, 3.05) is 0 Å². The van der Waals surface area contributed by atoms with Gasteiger partial charge < -0.3 is 4.42 Å². The molecular formula is C11H12N4O2. The van der Waals surface area contributed by atoms with E-state index in [1.54, 1.807) is 12.1 Å². The van der Waals surface area contributed by atoms with E-state index in [9.17, 15) is 4.79 Å². The summed E-state index contributed by atoms with van der Waals surface area (Å²) in [6.07, 6.45) is 1.43. The molecule has 0 spiro atoms. The van der Waals surface area contributed by atoms with Gasteiger partial charge >= 0.3 is 0 Å². The summed E-state index contributed by atoms with van der Waals surface area (Å²) in [6.45, 7) is 3.65. The van der Waals surface area contributed by atoms with Crippen LogP contribution in [0.4, 0.5) is 0 Å². The van der Waals surface area contributed by atoms with Gasteiger partial charge in [-0.3, -0.25) is 9.89 Å². The third-order valence-electron chi connectivity index (χ3n) is 2.06. The van der Waals surface area contributed by atoms with E-state index < -0.39 is 0 Å². The fourth-order valence-corrected chi connectivity index (χ4v) is 1.27. The first-order chi connectivity index (χ1) is 8.15. The van der Waals surface area contributed by atoms with E-state index in [0.717, 1.165) is 11.5 Å². The number of nitrogens with one attached hydrogen (secondary N) is 2. The number of H-pyrrole nitrogens is 1. The van der Waals surface area contributed by atoms with Crippen molar-refractivity contribution in [3.8, 4) is 0 Å². The summed E-state index contributed by atoms with van der Waals surface area (Å²) in [5.41, 5.74) is 3.48. The molecule has 0 aliphatic carbocycles. The minimum absolute atomic E-state index is 0.301. The molecule has 0 bridgehead atoms. The monoisotopic (exact) mass is 232 g/mol. The second-order valence-electron chi connectivity index (χ2n) is 3.58. The van der Waals surface area contributed by atoms with Crippen molar-refractivity contribution in [1.82, 2.24) is 15.6 Å². The van der Waals surface area contributed by atoms with Gasteiger partial charge in [0.1, 0.15) is 11.5 Å². The molecule has 0 aliphatic heterocycles. The molecule has 0 fully saturated rings. The molecular weight excluding hydrogens is 220 g/mol. The maximum atomic E-state index is 11.5. The summed E-state index contributed by atoms with van der Waals surface area (Å²) in [4.78, 5) is 11.5. The quantitative estimate of drug-likeness (QED) is 0.619. The number of hydrogen-bond acceptors (Lipinski definition) is 4. The summed E-state index contributed by atoms with van der Waals surface area (Å²) < 4.78 is 5.25. The van der Waals surface area contributed by atoms with Crippen LogP contribution < -0.4 is 5.43 Å². The Kier molecular flexibility index (Phi) is 3.04. The van der Waals surface area contributed by atoms with E-state index in [0.29, 0.717) is 11.5 Å². The number of hydrazone groups is 1. The van der Waals surface area contributed by atoms with Gasteiger partial charge in [0, 0.05) is 5.69 Å². The van der Waals surface area contributed by atoms with Crippen LogP contribution in [0, 0.1) is 13.8 Å². The first-order valence-electron chi connectivity index (χ1n) is 5.07. The Morgan fingerprint density at radius 3 is 2.94 bits per heavy atom. The predicted octanol–water partition coefficient (Wildman–Crippen LogP) is 1.38. The van der Waals surface area contributed by atoms with Gasteiger partial charge in [0.05, 0.1) is 6.21 Å². The second-order valence-corrected chi connectivity index (χ2v) is 3.58. The average Bonchev–Trinajstić information content (AvgIpc) is 2.88. The molecule has 0 aromatic carbocycles. The minimum Gasteiger partial charge on any atom is -0.460 e. The van der Waals surface area contributed by atoms with Crippen molar-refractivity contribution in [2.24, 2.45) is 5.10 Å². The largest absolute Gasteiger partial charge is 0.460 e. The van der Waals surface area contributed by atoms with Crippen molar-refractivity contribution in [1.29, 1.82) is 0 Å². The molecule has 6 heteroatoms. The standard InChI is InChI=1S/C11H12N4O2/c1-7-5-10(14-13-7)11(16)15-12-6-9-4-3-8(2)17-9/h3-6H,1-2H3,(H,13,14)(H,15,16)/b12-6+. The number of nitrogens with zero attached hydrogens (tertiary/aromatic N) is 2. The van der Waals surface area contributed by atoms with Crippen LogP contribution in [0.1, 0.15) is 27.7 Å². The molecule has 0 saturated carbocycles. The summed E-state index contributed by atoms with van der Waals surface area (Å²) in [5, 5.41) is 10.3. The highest BCUT2D eigenvalue weighted by Crippen LogP contribution is 2.02. The third kappa shape index (κ3) is 2.81. The molecule has 2 N–H and O–H groups in total. The Morgan fingerprint density at radius 1 is 1.53 bits per heavy atom. The Labute approximate surface area is 97.7 Å².